The molecule has 3 saturated heterocycles. The molecule has 446 valence electrons. The number of hydrogen-bond donors (Lipinski definition) is 7. The maximum Gasteiger partial charge on any atom is 0.341 e. The summed E-state index contributed by atoms with van der Waals surface area (Å²) in [6.07, 6.45) is -7.88. The number of hydrogen-bond acceptors (Lipinski definition) is 20. The molecule has 7 N–H and O–H groups in total. The van der Waals surface area contributed by atoms with E-state index in [1.165, 1.54) is 27.2 Å². The molecule has 4 aliphatic rings. The summed E-state index contributed by atoms with van der Waals surface area (Å²) in [6, 6.07) is 3.35. The second-order valence-corrected chi connectivity index (χ2v) is 24.1. The fourth-order valence-corrected chi connectivity index (χ4v) is 12.5. The molecule has 18 atom stereocenters. The van der Waals surface area contributed by atoms with Gasteiger partial charge in [-0.1, -0.05) is 38.9 Å². The summed E-state index contributed by atoms with van der Waals surface area (Å²) < 4.78 is 52.4. The van der Waals surface area contributed by atoms with E-state index in [1.807, 2.05) is 45.8 Å². The zero-order valence-corrected chi connectivity index (χ0v) is 48.9. The first-order valence-corrected chi connectivity index (χ1v) is 27.9. The predicted molar refractivity (Wildman–Crippen MR) is 289 cm³/mol. The molecular weight excluding hydrogens is 1030 g/mol. The maximum atomic E-state index is 14.5. The van der Waals surface area contributed by atoms with E-state index < -0.39 is 125 Å². The molecule has 0 radical (unpaired) electrons. The highest BCUT2D eigenvalue weighted by atomic mass is 16.7. The molecule has 0 bridgehead atoms. The van der Waals surface area contributed by atoms with Crippen LogP contribution in [-0.2, 0) is 66.2 Å². The number of nitrogens with one attached hydrogen (secondary N) is 1. The number of likely N-dealkylation sites (N-methyl/N-ethyl adjacent to an activating group) is 1. The monoisotopic (exact) mass is 1120 g/mol. The highest BCUT2D eigenvalue weighted by Crippen LogP contribution is 2.42. The van der Waals surface area contributed by atoms with E-state index in [4.69, 9.17) is 37.9 Å². The first-order chi connectivity index (χ1) is 36.8. The van der Waals surface area contributed by atoms with Gasteiger partial charge in [-0.15, -0.1) is 0 Å². The molecule has 0 amide bonds. The van der Waals surface area contributed by atoms with Crippen LogP contribution in [0.15, 0.2) is 28.3 Å². The van der Waals surface area contributed by atoms with Crippen molar-refractivity contribution in [2.45, 2.75) is 225 Å². The van der Waals surface area contributed by atoms with Gasteiger partial charge in [-0.2, -0.15) is 0 Å². The number of aliphatic hydroxyl groups excluding tert-OH is 2. The molecule has 0 unspecified atom stereocenters. The number of carbonyl (C=O) groups excluding carboxylic acids is 2. The lowest BCUT2D eigenvalue weighted by Gasteiger charge is -2.49. The average Bonchev–Trinajstić information content (AvgIpc) is 3.47. The van der Waals surface area contributed by atoms with Gasteiger partial charge >= 0.3 is 17.9 Å². The van der Waals surface area contributed by atoms with Gasteiger partial charge in [0, 0.05) is 61.0 Å². The molecule has 5 heterocycles. The van der Waals surface area contributed by atoms with Crippen LogP contribution in [0.5, 0.6) is 0 Å². The lowest BCUT2D eigenvalue weighted by atomic mass is 9.73. The van der Waals surface area contributed by atoms with Crippen molar-refractivity contribution in [1.29, 1.82) is 0 Å². The van der Waals surface area contributed by atoms with Crippen LogP contribution in [0.1, 0.15) is 143 Å². The molecule has 22 heteroatoms. The van der Waals surface area contributed by atoms with Crippen LogP contribution in [0.3, 0.4) is 0 Å². The number of carbonyl (C=O) groups is 3. The van der Waals surface area contributed by atoms with E-state index in [2.05, 4.69) is 10.5 Å². The summed E-state index contributed by atoms with van der Waals surface area (Å²) in [4.78, 5) is 55.3. The Kier molecular flexibility index (Phi) is 20.7. The Labute approximate surface area is 464 Å². The second-order valence-electron chi connectivity index (χ2n) is 24.1. The quantitative estimate of drug-likeness (QED) is 0.0529. The van der Waals surface area contributed by atoms with E-state index in [9.17, 15) is 49.9 Å². The molecule has 1 aromatic carbocycles. The highest BCUT2D eigenvalue weighted by Gasteiger charge is 2.54. The van der Waals surface area contributed by atoms with Gasteiger partial charge in [0.1, 0.15) is 34.7 Å². The molecular formula is C57H90N4O18. The van der Waals surface area contributed by atoms with E-state index in [0.717, 1.165) is 11.1 Å². The minimum Gasteiger partial charge on any atom is -0.477 e. The van der Waals surface area contributed by atoms with E-state index in [1.54, 1.807) is 59.1 Å². The van der Waals surface area contributed by atoms with Gasteiger partial charge in [0.05, 0.1) is 66.3 Å². The van der Waals surface area contributed by atoms with Crippen LogP contribution >= 0.6 is 0 Å². The standard InChI is InChI=1S/C57H90N4O18/c1-16-40-57(12,70)48(65)31(4)43(59-71)29(2)25-55(10,69)49(79-53-46(64)39(60(13)14)22-30(3)74-53)32(5)47(33(6)52(68)76-40)78-42-26-56(11,72-15)50(34(7)75-42)77-41(62)19-21-58-20-17-18-35-23-36-28-73-54(8,9)61-27-38(51(66)67)45(63)37(24-35)44(36)61/h23-24,27,29-34,39-40,42,46-50,53,58,64-65,69-71H,16-22,25-26,28H2,1-15H3,(H,66,67)/b59-43-/t29-,30+,31+,32+,33-,34+,39-,40-,42+,46+,47+,48-,49-,50+,53-,55-,56-,57-/m1/s1. The smallest absolute Gasteiger partial charge is 0.341 e. The zero-order chi connectivity index (χ0) is 58.9. The molecule has 79 heavy (non-hydrogen) atoms. The maximum absolute atomic E-state index is 14.5. The summed E-state index contributed by atoms with van der Waals surface area (Å²) in [5.74, 6) is -6.42. The fraction of sp³-hybridized carbons (Fsp3) is 0.772. The van der Waals surface area contributed by atoms with Crippen molar-refractivity contribution in [2.24, 2.45) is 28.8 Å². The first kappa shape index (κ1) is 64.0. The Bertz CT molecular complexity index is 2550. The van der Waals surface area contributed by atoms with Crippen molar-refractivity contribution in [2.75, 3.05) is 34.3 Å². The number of cyclic esters (lactones) is 1. The minimum atomic E-state index is -2.03. The minimum absolute atomic E-state index is 0.00101. The van der Waals surface area contributed by atoms with E-state index >= 15 is 0 Å². The van der Waals surface area contributed by atoms with Crippen LogP contribution in [0.4, 0.5) is 0 Å². The topological polar surface area (TPSA) is 296 Å². The number of aromatic nitrogens is 1. The van der Waals surface area contributed by atoms with Crippen molar-refractivity contribution >= 4 is 34.5 Å². The second kappa shape index (κ2) is 25.5. The normalized spacial score (nSPS) is 38.1. The van der Waals surface area contributed by atoms with E-state index in [0.29, 0.717) is 36.7 Å². The largest absolute Gasteiger partial charge is 0.477 e. The van der Waals surface area contributed by atoms with Crippen molar-refractivity contribution in [1.82, 2.24) is 14.8 Å². The molecule has 22 nitrogen and oxygen atoms in total. The van der Waals surface area contributed by atoms with Crippen LogP contribution in [-0.4, -0.2) is 182 Å². The third-order valence-corrected chi connectivity index (χ3v) is 17.1. The van der Waals surface area contributed by atoms with Crippen LogP contribution < -0.4 is 10.7 Å². The number of pyridine rings is 1. The van der Waals surface area contributed by atoms with Gasteiger partial charge in [-0.25, -0.2) is 4.79 Å². The summed E-state index contributed by atoms with van der Waals surface area (Å²) in [7, 11) is 5.16. The lowest BCUT2D eigenvalue weighted by molar-refractivity contribution is -0.318. The number of carboxylic acids is 1. The highest BCUT2D eigenvalue weighted by molar-refractivity contribution is 5.94. The third-order valence-electron chi connectivity index (χ3n) is 17.1. The van der Waals surface area contributed by atoms with Gasteiger partial charge in [-0.3, -0.25) is 14.4 Å². The number of rotatable bonds is 16. The molecule has 0 saturated carbocycles. The van der Waals surface area contributed by atoms with Gasteiger partial charge in [-0.05, 0) is 120 Å². The molecule has 3 fully saturated rings. The van der Waals surface area contributed by atoms with Crippen molar-refractivity contribution in [3.8, 4) is 0 Å². The van der Waals surface area contributed by atoms with E-state index in [-0.39, 0.29) is 62.3 Å². The number of nitrogens with zero attached hydrogens (tertiary/aromatic N) is 3. The van der Waals surface area contributed by atoms with Crippen LogP contribution in [0, 0.1) is 23.7 Å². The lowest BCUT2D eigenvalue weighted by Crippen LogP contribution is -2.61. The molecule has 2 aromatic rings. The van der Waals surface area contributed by atoms with Crippen molar-refractivity contribution in [3.63, 3.8) is 0 Å². The Balaban J connectivity index is 1.18. The zero-order valence-electron chi connectivity index (χ0n) is 48.9. The first-order valence-electron chi connectivity index (χ1n) is 27.9. The third kappa shape index (κ3) is 13.9. The number of aromatic carboxylic acids is 1. The van der Waals surface area contributed by atoms with Gasteiger partial charge in [0.15, 0.2) is 18.7 Å². The Morgan fingerprint density at radius 1 is 0.937 bits per heavy atom. The number of esters is 2. The average molecular weight is 1120 g/mol. The Morgan fingerprint density at radius 3 is 2.24 bits per heavy atom. The number of methoxy groups -OCH3 is 1. The molecule has 1 aromatic heterocycles. The van der Waals surface area contributed by atoms with Gasteiger partial charge < -0.3 is 83.4 Å². The summed E-state index contributed by atoms with van der Waals surface area (Å²) in [5, 5.41) is 75.5. The Morgan fingerprint density at radius 2 is 1.62 bits per heavy atom. The number of aliphatic hydroxyl groups is 4. The SMILES string of the molecule is CC[C@H]1OC(=O)[C@H](C)[C@@H](O[C@H]2C[C@@](C)(OC)[C@@H](OC(=O)CCNCCCc3cc4c5c(c3)c(=O)c(C(=O)O)cn5C(C)(C)OC4)[C@H](C)O2)[C@H](C)[C@@H](O[C@H]2O[C@@H](C)C[C@@H](N(C)C)[C@@H]2O)[C@](C)(O)C[C@@H](C)/C(=N/O)[C@H](C)[C@@H](O)[C@]1(C)O. The fourth-order valence-electron chi connectivity index (χ4n) is 12.5. The predicted octanol–water partition coefficient (Wildman–Crippen LogP) is 4.45. The number of benzene rings is 1. The molecule has 0 spiro atoms. The van der Waals surface area contributed by atoms with Crippen LogP contribution in [0.25, 0.3) is 10.9 Å². The summed E-state index contributed by atoms with van der Waals surface area (Å²) in [5.41, 5.74) is -4.42. The molecule has 4 aliphatic heterocycles. The van der Waals surface area contributed by atoms with Crippen molar-refractivity contribution < 1.29 is 83.0 Å². The van der Waals surface area contributed by atoms with Crippen LogP contribution in [0.2, 0.25) is 0 Å². The summed E-state index contributed by atoms with van der Waals surface area (Å²) >= 11 is 0. The summed E-state index contributed by atoms with van der Waals surface area (Å²) in [6.45, 7) is 21.2. The van der Waals surface area contributed by atoms with Gasteiger partial charge in [0.25, 0.3) is 0 Å². The van der Waals surface area contributed by atoms with Gasteiger partial charge in [0.2, 0.25) is 5.43 Å². The Hall–Kier alpha value is -4.17. The number of ether oxygens (including phenoxy) is 8. The van der Waals surface area contributed by atoms with Crippen molar-refractivity contribution in [3.05, 3.63) is 45.2 Å². The molecule has 6 rings (SSSR count). The number of oxime groups is 1. The number of aryl methyl sites for hydroxylation is 1. The molecule has 0 aliphatic carbocycles. The number of carboxylic acid groups (broad SMARTS) is 1.